The third kappa shape index (κ3) is 4.66. The SMILES string of the molecule is Cc1cc(C(=O)NCC(C)C(C)(C)C)sc1C#CCN. The van der Waals surface area contributed by atoms with Crippen LogP contribution in [0.4, 0.5) is 0 Å². The molecule has 0 aliphatic rings. The maximum Gasteiger partial charge on any atom is 0.261 e. The molecule has 0 bridgehead atoms. The van der Waals surface area contributed by atoms with Gasteiger partial charge in [0.2, 0.25) is 0 Å². The van der Waals surface area contributed by atoms with Crippen molar-refractivity contribution in [2.24, 2.45) is 17.1 Å². The van der Waals surface area contributed by atoms with Gasteiger partial charge >= 0.3 is 0 Å². The molecule has 0 spiro atoms. The van der Waals surface area contributed by atoms with Crippen LogP contribution in [0.2, 0.25) is 0 Å². The zero-order valence-corrected chi connectivity index (χ0v) is 13.8. The molecule has 1 atom stereocenters. The Bertz CT molecular complexity index is 529. The second kappa shape index (κ2) is 6.92. The van der Waals surface area contributed by atoms with Crippen LogP contribution in [0.5, 0.6) is 0 Å². The normalized spacial score (nSPS) is 12.5. The molecule has 110 valence electrons. The van der Waals surface area contributed by atoms with Crippen molar-refractivity contribution in [2.45, 2.75) is 34.6 Å². The molecule has 0 radical (unpaired) electrons. The number of hydrogen-bond acceptors (Lipinski definition) is 3. The molecule has 0 fully saturated rings. The number of thiophene rings is 1. The Morgan fingerprint density at radius 2 is 2.15 bits per heavy atom. The van der Waals surface area contributed by atoms with Gasteiger partial charge in [-0.25, -0.2) is 0 Å². The van der Waals surface area contributed by atoms with E-state index in [0.717, 1.165) is 10.4 Å². The van der Waals surface area contributed by atoms with Gasteiger partial charge in [0.25, 0.3) is 5.91 Å². The van der Waals surface area contributed by atoms with Gasteiger partial charge in [0.15, 0.2) is 0 Å². The highest BCUT2D eigenvalue weighted by Gasteiger charge is 2.21. The van der Waals surface area contributed by atoms with Gasteiger partial charge in [-0.1, -0.05) is 39.5 Å². The summed E-state index contributed by atoms with van der Waals surface area (Å²) in [6.45, 7) is 11.7. The van der Waals surface area contributed by atoms with Gasteiger partial charge in [-0.15, -0.1) is 11.3 Å². The highest BCUT2D eigenvalue weighted by atomic mass is 32.1. The standard InChI is InChI=1S/C16H24N2OS/c1-11-9-14(20-13(11)7-6-8-17)15(19)18-10-12(2)16(3,4)5/h9,12H,8,10,17H2,1-5H3,(H,18,19). The van der Waals surface area contributed by atoms with E-state index in [1.54, 1.807) is 0 Å². The first kappa shape index (κ1) is 16.7. The van der Waals surface area contributed by atoms with Gasteiger partial charge in [0.05, 0.1) is 16.3 Å². The van der Waals surface area contributed by atoms with Crippen molar-refractivity contribution in [1.29, 1.82) is 0 Å². The van der Waals surface area contributed by atoms with E-state index < -0.39 is 0 Å². The van der Waals surface area contributed by atoms with Crippen LogP contribution in [0.1, 0.15) is 47.8 Å². The molecule has 1 unspecified atom stereocenters. The molecule has 1 aromatic heterocycles. The Labute approximate surface area is 126 Å². The average molecular weight is 292 g/mol. The second-order valence-electron chi connectivity index (χ2n) is 6.11. The maximum absolute atomic E-state index is 12.1. The van der Waals surface area contributed by atoms with Crippen LogP contribution in [0, 0.1) is 30.1 Å². The molecular formula is C16H24N2OS. The Morgan fingerprint density at radius 1 is 1.50 bits per heavy atom. The largest absolute Gasteiger partial charge is 0.351 e. The fraction of sp³-hybridized carbons (Fsp3) is 0.562. The fourth-order valence-corrected chi connectivity index (χ4v) is 2.45. The summed E-state index contributed by atoms with van der Waals surface area (Å²) < 4.78 is 0. The highest BCUT2D eigenvalue weighted by Crippen LogP contribution is 2.25. The van der Waals surface area contributed by atoms with Gasteiger partial charge in [-0.2, -0.15) is 0 Å². The molecule has 1 rings (SSSR count). The molecule has 3 nitrogen and oxygen atoms in total. The lowest BCUT2D eigenvalue weighted by Gasteiger charge is -2.27. The summed E-state index contributed by atoms with van der Waals surface area (Å²) in [5.74, 6) is 6.23. The van der Waals surface area contributed by atoms with Gasteiger partial charge in [0.1, 0.15) is 0 Å². The number of nitrogens with two attached hydrogens (primary N) is 1. The molecule has 0 saturated heterocycles. The van der Waals surface area contributed by atoms with E-state index in [4.69, 9.17) is 5.73 Å². The van der Waals surface area contributed by atoms with Crippen molar-refractivity contribution in [2.75, 3.05) is 13.1 Å². The Balaban J connectivity index is 2.69. The summed E-state index contributed by atoms with van der Waals surface area (Å²) in [7, 11) is 0. The molecule has 0 saturated carbocycles. The Kier molecular flexibility index (Phi) is 5.79. The predicted molar refractivity (Wildman–Crippen MR) is 85.9 cm³/mol. The van der Waals surface area contributed by atoms with Crippen molar-refractivity contribution < 1.29 is 4.79 Å². The first-order valence-corrected chi connectivity index (χ1v) is 7.65. The summed E-state index contributed by atoms with van der Waals surface area (Å²) in [6, 6.07) is 1.89. The van der Waals surface area contributed by atoms with E-state index in [1.807, 2.05) is 13.0 Å². The molecule has 0 aromatic carbocycles. The van der Waals surface area contributed by atoms with Gasteiger partial charge < -0.3 is 11.1 Å². The quantitative estimate of drug-likeness (QED) is 0.842. The minimum absolute atomic E-state index is 0.0185. The van der Waals surface area contributed by atoms with Gasteiger partial charge in [-0.05, 0) is 29.9 Å². The number of carbonyl (C=O) groups excluding carboxylic acids is 1. The van der Waals surface area contributed by atoms with E-state index in [9.17, 15) is 4.79 Å². The van der Waals surface area contributed by atoms with Crippen LogP contribution in [-0.2, 0) is 0 Å². The van der Waals surface area contributed by atoms with E-state index in [2.05, 4.69) is 44.9 Å². The fourth-order valence-electron chi connectivity index (χ4n) is 1.49. The van der Waals surface area contributed by atoms with Crippen molar-refractivity contribution in [1.82, 2.24) is 5.32 Å². The zero-order valence-electron chi connectivity index (χ0n) is 13.0. The summed E-state index contributed by atoms with van der Waals surface area (Å²) in [5, 5.41) is 3.00. The van der Waals surface area contributed by atoms with Crippen LogP contribution in [0.15, 0.2) is 6.07 Å². The molecular weight excluding hydrogens is 268 g/mol. The van der Waals surface area contributed by atoms with Crippen LogP contribution in [-0.4, -0.2) is 19.0 Å². The summed E-state index contributed by atoms with van der Waals surface area (Å²) in [6.07, 6.45) is 0. The van der Waals surface area contributed by atoms with Crippen molar-refractivity contribution in [3.63, 3.8) is 0 Å². The summed E-state index contributed by atoms with van der Waals surface area (Å²) in [4.78, 5) is 13.8. The maximum atomic E-state index is 12.1. The molecule has 1 aromatic rings. The number of nitrogens with one attached hydrogen (secondary N) is 1. The van der Waals surface area contributed by atoms with Crippen LogP contribution in [0.3, 0.4) is 0 Å². The average Bonchev–Trinajstić information content (AvgIpc) is 2.73. The number of rotatable bonds is 3. The van der Waals surface area contributed by atoms with Crippen LogP contribution in [0.25, 0.3) is 0 Å². The number of amides is 1. The lowest BCUT2D eigenvalue weighted by atomic mass is 9.82. The number of carbonyl (C=O) groups is 1. The van der Waals surface area contributed by atoms with Crippen LogP contribution < -0.4 is 11.1 Å². The van der Waals surface area contributed by atoms with Crippen molar-refractivity contribution in [3.05, 3.63) is 21.4 Å². The van der Waals surface area contributed by atoms with Crippen molar-refractivity contribution >= 4 is 17.2 Å². The lowest BCUT2D eigenvalue weighted by molar-refractivity contribution is 0.0941. The number of aryl methyl sites for hydroxylation is 1. The van der Waals surface area contributed by atoms with E-state index in [0.29, 0.717) is 23.9 Å². The Hall–Kier alpha value is -1.31. The Morgan fingerprint density at radius 3 is 2.70 bits per heavy atom. The molecule has 3 N–H and O–H groups in total. The van der Waals surface area contributed by atoms with Crippen LogP contribution >= 0.6 is 11.3 Å². The van der Waals surface area contributed by atoms with Gasteiger partial charge in [-0.3, -0.25) is 4.79 Å². The highest BCUT2D eigenvalue weighted by molar-refractivity contribution is 7.14. The molecule has 1 amide bonds. The molecule has 4 heteroatoms. The molecule has 20 heavy (non-hydrogen) atoms. The van der Waals surface area contributed by atoms with Gasteiger partial charge in [0, 0.05) is 6.54 Å². The minimum Gasteiger partial charge on any atom is -0.351 e. The van der Waals surface area contributed by atoms with Crippen molar-refractivity contribution in [3.8, 4) is 11.8 Å². The zero-order chi connectivity index (χ0) is 15.3. The molecule has 0 aliphatic heterocycles. The number of hydrogen-bond donors (Lipinski definition) is 2. The topological polar surface area (TPSA) is 55.1 Å². The minimum atomic E-state index is -0.0185. The molecule has 1 heterocycles. The third-order valence-electron chi connectivity index (χ3n) is 3.49. The molecule has 0 aliphatic carbocycles. The first-order chi connectivity index (χ1) is 9.25. The first-order valence-electron chi connectivity index (χ1n) is 6.83. The second-order valence-corrected chi connectivity index (χ2v) is 7.16. The predicted octanol–water partition coefficient (Wildman–Crippen LogP) is 2.78. The monoisotopic (exact) mass is 292 g/mol. The van der Waals surface area contributed by atoms with E-state index in [1.165, 1.54) is 11.3 Å². The third-order valence-corrected chi connectivity index (χ3v) is 4.64. The summed E-state index contributed by atoms with van der Waals surface area (Å²) >= 11 is 1.43. The smallest absolute Gasteiger partial charge is 0.261 e. The van der Waals surface area contributed by atoms with E-state index in [-0.39, 0.29) is 11.3 Å². The lowest BCUT2D eigenvalue weighted by Crippen LogP contribution is -2.33. The summed E-state index contributed by atoms with van der Waals surface area (Å²) in [5.41, 5.74) is 6.59. The van der Waals surface area contributed by atoms with E-state index >= 15 is 0 Å².